The molecule has 1 amide bonds. The molecule has 1 atom stereocenters. The van der Waals surface area contributed by atoms with E-state index in [9.17, 15) is 9.90 Å². The van der Waals surface area contributed by atoms with E-state index in [1.807, 2.05) is 6.07 Å². The summed E-state index contributed by atoms with van der Waals surface area (Å²) >= 11 is 0. The van der Waals surface area contributed by atoms with E-state index in [4.69, 9.17) is 10.5 Å². The highest BCUT2D eigenvalue weighted by Gasteiger charge is 2.18. The topological polar surface area (TPSA) is 75.8 Å². The molecule has 0 aliphatic rings. The molecule has 0 heterocycles. The Balaban J connectivity index is 2.57. The van der Waals surface area contributed by atoms with Crippen molar-refractivity contribution in [2.24, 2.45) is 5.73 Å². The summed E-state index contributed by atoms with van der Waals surface area (Å²) in [6.07, 6.45) is 0.487. The van der Waals surface area contributed by atoms with Gasteiger partial charge in [-0.1, -0.05) is 18.2 Å². The van der Waals surface area contributed by atoms with Crippen LogP contribution in [0.1, 0.15) is 12.0 Å². The molecule has 3 N–H and O–H groups in total. The molecule has 0 saturated carbocycles. The van der Waals surface area contributed by atoms with Gasteiger partial charge in [-0.3, -0.25) is 4.79 Å². The van der Waals surface area contributed by atoms with Gasteiger partial charge in [0, 0.05) is 32.9 Å². The summed E-state index contributed by atoms with van der Waals surface area (Å²) in [4.78, 5) is 13.4. The summed E-state index contributed by atoms with van der Waals surface area (Å²) in [6, 6.07) is 6.36. The van der Waals surface area contributed by atoms with Crippen LogP contribution in [0.5, 0.6) is 5.75 Å². The Morgan fingerprint density at radius 3 is 2.78 bits per heavy atom. The maximum Gasteiger partial charge on any atom is 0.239 e. The SMILES string of the molecule is COCCC(N)C(=O)N(C)Cc1ccccc1O. The fraction of sp³-hybridized carbons (Fsp3) is 0.462. The number of hydrogen-bond donors (Lipinski definition) is 2. The second kappa shape index (κ2) is 6.98. The molecule has 0 aliphatic carbocycles. The van der Waals surface area contributed by atoms with E-state index < -0.39 is 6.04 Å². The van der Waals surface area contributed by atoms with Gasteiger partial charge in [-0.25, -0.2) is 0 Å². The van der Waals surface area contributed by atoms with Crippen LogP contribution in [0.3, 0.4) is 0 Å². The fourth-order valence-electron chi connectivity index (χ4n) is 1.63. The first-order valence-electron chi connectivity index (χ1n) is 5.82. The van der Waals surface area contributed by atoms with Crippen molar-refractivity contribution in [1.82, 2.24) is 4.90 Å². The van der Waals surface area contributed by atoms with Gasteiger partial charge in [-0.05, 0) is 12.5 Å². The number of para-hydroxylation sites is 1. The summed E-state index contributed by atoms with van der Waals surface area (Å²) in [7, 11) is 3.24. The number of methoxy groups -OCH3 is 1. The van der Waals surface area contributed by atoms with Crippen LogP contribution in [0.25, 0.3) is 0 Å². The molecule has 0 bridgehead atoms. The second-order valence-electron chi connectivity index (χ2n) is 4.21. The van der Waals surface area contributed by atoms with Crippen LogP contribution in [0.2, 0.25) is 0 Å². The number of rotatable bonds is 6. The number of carbonyl (C=O) groups is 1. The Hall–Kier alpha value is -1.59. The number of nitrogens with two attached hydrogens (primary N) is 1. The Morgan fingerprint density at radius 2 is 2.17 bits per heavy atom. The summed E-state index contributed by atoms with van der Waals surface area (Å²) in [6.45, 7) is 0.795. The van der Waals surface area contributed by atoms with E-state index in [0.29, 0.717) is 25.1 Å². The molecule has 5 heteroatoms. The average molecular weight is 252 g/mol. The van der Waals surface area contributed by atoms with Crippen molar-refractivity contribution in [3.63, 3.8) is 0 Å². The Morgan fingerprint density at radius 1 is 1.50 bits per heavy atom. The molecule has 1 rings (SSSR count). The quantitative estimate of drug-likeness (QED) is 0.782. The molecule has 5 nitrogen and oxygen atoms in total. The Labute approximate surface area is 107 Å². The predicted molar refractivity (Wildman–Crippen MR) is 69.0 cm³/mol. The van der Waals surface area contributed by atoms with Crippen molar-refractivity contribution in [2.75, 3.05) is 20.8 Å². The van der Waals surface area contributed by atoms with Gasteiger partial charge in [0.2, 0.25) is 5.91 Å². The van der Waals surface area contributed by atoms with Crippen LogP contribution in [0, 0.1) is 0 Å². The average Bonchev–Trinajstić information content (AvgIpc) is 2.37. The number of likely N-dealkylation sites (N-methyl/N-ethyl adjacent to an activating group) is 1. The van der Waals surface area contributed by atoms with Crippen molar-refractivity contribution in [2.45, 2.75) is 19.0 Å². The molecule has 0 radical (unpaired) electrons. The number of amides is 1. The van der Waals surface area contributed by atoms with E-state index >= 15 is 0 Å². The lowest BCUT2D eigenvalue weighted by atomic mass is 10.1. The van der Waals surface area contributed by atoms with Gasteiger partial charge >= 0.3 is 0 Å². The van der Waals surface area contributed by atoms with Crippen molar-refractivity contribution >= 4 is 5.91 Å². The van der Waals surface area contributed by atoms with E-state index in [2.05, 4.69) is 0 Å². The highest BCUT2D eigenvalue weighted by molar-refractivity contribution is 5.81. The molecule has 18 heavy (non-hydrogen) atoms. The van der Waals surface area contributed by atoms with E-state index in [-0.39, 0.29) is 11.7 Å². The third kappa shape index (κ3) is 4.01. The van der Waals surface area contributed by atoms with Crippen molar-refractivity contribution < 1.29 is 14.6 Å². The zero-order chi connectivity index (χ0) is 13.5. The fourth-order valence-corrected chi connectivity index (χ4v) is 1.63. The van der Waals surface area contributed by atoms with Gasteiger partial charge in [-0.2, -0.15) is 0 Å². The monoisotopic (exact) mass is 252 g/mol. The lowest BCUT2D eigenvalue weighted by Crippen LogP contribution is -2.42. The summed E-state index contributed by atoms with van der Waals surface area (Å²) in [5, 5.41) is 9.63. The van der Waals surface area contributed by atoms with Gasteiger partial charge in [0.05, 0.1) is 6.04 Å². The molecule has 1 aromatic carbocycles. The lowest BCUT2D eigenvalue weighted by molar-refractivity contribution is -0.132. The highest BCUT2D eigenvalue weighted by atomic mass is 16.5. The lowest BCUT2D eigenvalue weighted by Gasteiger charge is -2.21. The highest BCUT2D eigenvalue weighted by Crippen LogP contribution is 2.17. The van der Waals surface area contributed by atoms with Crippen LogP contribution in [0.15, 0.2) is 24.3 Å². The van der Waals surface area contributed by atoms with Gasteiger partial charge < -0.3 is 20.5 Å². The summed E-state index contributed by atoms with van der Waals surface area (Å²) < 4.78 is 4.89. The number of carbonyl (C=O) groups excluding carboxylic acids is 1. The first-order chi connectivity index (χ1) is 8.56. The summed E-state index contributed by atoms with van der Waals surface area (Å²) in [5.41, 5.74) is 6.46. The summed E-state index contributed by atoms with van der Waals surface area (Å²) in [5.74, 6) is 0.0258. The minimum absolute atomic E-state index is 0.157. The smallest absolute Gasteiger partial charge is 0.239 e. The second-order valence-corrected chi connectivity index (χ2v) is 4.21. The van der Waals surface area contributed by atoms with Crippen molar-refractivity contribution in [3.05, 3.63) is 29.8 Å². The van der Waals surface area contributed by atoms with E-state index in [1.54, 1.807) is 32.4 Å². The molecule has 0 saturated heterocycles. The molecular formula is C13H20N2O3. The van der Waals surface area contributed by atoms with Crippen LogP contribution in [0.4, 0.5) is 0 Å². The third-order valence-electron chi connectivity index (χ3n) is 2.73. The molecule has 1 aromatic rings. The first-order valence-corrected chi connectivity index (χ1v) is 5.82. The standard InChI is InChI=1S/C13H20N2O3/c1-15(13(17)11(14)7-8-18-2)9-10-5-3-4-6-12(10)16/h3-6,11,16H,7-9,14H2,1-2H3. The third-order valence-corrected chi connectivity index (χ3v) is 2.73. The van der Waals surface area contributed by atoms with Crippen molar-refractivity contribution in [3.8, 4) is 5.75 Å². The van der Waals surface area contributed by atoms with Crippen LogP contribution >= 0.6 is 0 Å². The Bertz CT molecular complexity index is 396. The number of phenols is 1. The molecular weight excluding hydrogens is 232 g/mol. The number of phenolic OH excluding ortho intramolecular Hbond substituents is 1. The van der Waals surface area contributed by atoms with Crippen LogP contribution < -0.4 is 5.73 Å². The maximum atomic E-state index is 11.9. The van der Waals surface area contributed by atoms with Gasteiger partial charge in [0.25, 0.3) is 0 Å². The predicted octanol–water partition coefficient (Wildman–Crippen LogP) is 0.714. The number of benzene rings is 1. The molecule has 0 fully saturated rings. The normalized spacial score (nSPS) is 12.2. The number of nitrogens with zero attached hydrogens (tertiary/aromatic N) is 1. The van der Waals surface area contributed by atoms with Crippen LogP contribution in [-0.2, 0) is 16.1 Å². The van der Waals surface area contributed by atoms with Crippen LogP contribution in [-0.4, -0.2) is 42.7 Å². The number of ether oxygens (including phenoxy) is 1. The van der Waals surface area contributed by atoms with Gasteiger partial charge in [0.1, 0.15) is 5.75 Å². The number of aromatic hydroxyl groups is 1. The zero-order valence-electron chi connectivity index (χ0n) is 10.8. The van der Waals surface area contributed by atoms with Crippen molar-refractivity contribution in [1.29, 1.82) is 0 Å². The van der Waals surface area contributed by atoms with Gasteiger partial charge in [-0.15, -0.1) is 0 Å². The largest absolute Gasteiger partial charge is 0.508 e. The van der Waals surface area contributed by atoms with Gasteiger partial charge in [0.15, 0.2) is 0 Å². The number of hydrogen-bond acceptors (Lipinski definition) is 4. The maximum absolute atomic E-state index is 11.9. The zero-order valence-corrected chi connectivity index (χ0v) is 10.8. The minimum Gasteiger partial charge on any atom is -0.508 e. The molecule has 100 valence electrons. The molecule has 0 spiro atoms. The molecule has 1 unspecified atom stereocenters. The molecule has 0 aromatic heterocycles. The minimum atomic E-state index is -0.569. The van der Waals surface area contributed by atoms with E-state index in [0.717, 1.165) is 0 Å². The first kappa shape index (κ1) is 14.5. The van der Waals surface area contributed by atoms with E-state index in [1.165, 1.54) is 4.90 Å². The molecule has 0 aliphatic heterocycles. The Kier molecular flexibility index (Phi) is 5.61.